The highest BCUT2D eigenvalue weighted by atomic mass is 16.3. The topological polar surface area (TPSA) is 158 Å². The number of phenols is 1. The molecule has 238 valence electrons. The van der Waals surface area contributed by atoms with E-state index in [1.165, 1.54) is 38.2 Å². The van der Waals surface area contributed by atoms with Crippen molar-refractivity contribution in [3.8, 4) is 17.1 Å². The molecule has 6 atom stereocenters. The summed E-state index contributed by atoms with van der Waals surface area (Å²) in [6.07, 6.45) is 8.79. The molecule has 0 bridgehead atoms. The zero-order valence-electron chi connectivity index (χ0n) is 25.8. The van der Waals surface area contributed by atoms with Crippen LogP contribution < -0.4 is 5.73 Å². The van der Waals surface area contributed by atoms with Crippen molar-refractivity contribution in [2.75, 3.05) is 27.2 Å². The third-order valence-electron chi connectivity index (χ3n) is 11.2. The van der Waals surface area contributed by atoms with Gasteiger partial charge < -0.3 is 25.5 Å². The number of nitrogens with two attached hydrogens (primary N) is 1. The van der Waals surface area contributed by atoms with E-state index in [4.69, 9.17) is 10.2 Å². The predicted octanol–water partition coefficient (Wildman–Crippen LogP) is 4.12. The first-order valence-corrected chi connectivity index (χ1v) is 16.1. The third-order valence-corrected chi connectivity index (χ3v) is 11.2. The summed E-state index contributed by atoms with van der Waals surface area (Å²) in [4.78, 5) is 43.9. The van der Waals surface area contributed by atoms with Gasteiger partial charge in [0.2, 0.25) is 0 Å². The highest BCUT2D eigenvalue weighted by Crippen LogP contribution is 2.52. The maximum atomic E-state index is 14.0. The Balaban J connectivity index is 1.25. The Labute approximate surface area is 262 Å². The van der Waals surface area contributed by atoms with Gasteiger partial charge in [0.05, 0.1) is 23.8 Å². The average molecular weight is 616 g/mol. The maximum Gasteiger partial charge on any atom is 0.255 e. The van der Waals surface area contributed by atoms with Crippen LogP contribution >= 0.6 is 0 Å². The van der Waals surface area contributed by atoms with Crippen molar-refractivity contribution in [3.05, 3.63) is 58.1 Å². The molecule has 4 aliphatic carbocycles. The molecule has 0 spiro atoms. The Kier molecular flexibility index (Phi) is 7.40. The fraction of sp³-hybridized carbons (Fsp3) is 0.514. The normalized spacial score (nSPS) is 30.2. The molecule has 45 heavy (non-hydrogen) atoms. The second kappa shape index (κ2) is 11.2. The first-order chi connectivity index (χ1) is 21.6. The first kappa shape index (κ1) is 29.8. The Bertz CT molecular complexity index is 1650. The Morgan fingerprint density at radius 2 is 1.80 bits per heavy atom. The number of aromatic hydroxyl groups is 1. The van der Waals surface area contributed by atoms with Crippen LogP contribution in [0.5, 0.6) is 5.75 Å². The van der Waals surface area contributed by atoms with Crippen molar-refractivity contribution in [2.45, 2.75) is 57.5 Å². The number of allylic oxidation sites excluding steroid dienone is 1. The number of primary amides is 1. The number of amides is 1. The summed E-state index contributed by atoms with van der Waals surface area (Å²) in [6, 6.07) is 4.51. The number of hydrogen-bond acceptors (Lipinski definition) is 9. The number of nitrogens with zero attached hydrogens (tertiary/aromatic N) is 2. The molecule has 0 radical (unpaired) electrons. The summed E-state index contributed by atoms with van der Waals surface area (Å²) < 4.78 is 6.09. The van der Waals surface area contributed by atoms with Crippen molar-refractivity contribution < 1.29 is 34.1 Å². The van der Waals surface area contributed by atoms with E-state index < -0.39 is 52.6 Å². The van der Waals surface area contributed by atoms with Crippen LogP contribution in [0.4, 0.5) is 0 Å². The molecular weight excluding hydrogens is 574 g/mol. The second-order valence-corrected chi connectivity index (χ2v) is 13.9. The number of ketones is 2. The number of phenolic OH excluding ortho intramolecular Hbond substituents is 1. The Morgan fingerprint density at radius 3 is 2.53 bits per heavy atom. The fourth-order valence-corrected chi connectivity index (χ4v) is 9.24. The van der Waals surface area contributed by atoms with Crippen LogP contribution in [0.3, 0.4) is 0 Å². The summed E-state index contributed by atoms with van der Waals surface area (Å²) in [7, 11) is 3.42. The molecule has 1 saturated heterocycles. The van der Waals surface area contributed by atoms with Gasteiger partial charge in [-0.3, -0.25) is 24.2 Å². The van der Waals surface area contributed by atoms with E-state index in [-0.39, 0.29) is 22.6 Å². The van der Waals surface area contributed by atoms with E-state index in [9.17, 15) is 29.7 Å². The number of furan rings is 1. The first-order valence-electron chi connectivity index (χ1n) is 16.1. The van der Waals surface area contributed by atoms with Gasteiger partial charge in [-0.25, -0.2) is 0 Å². The number of Topliss-reactive ketones (excluding diaryl/α,β-unsaturated/α-hetero) is 2. The summed E-state index contributed by atoms with van der Waals surface area (Å²) >= 11 is 0. The van der Waals surface area contributed by atoms with E-state index in [0.29, 0.717) is 24.2 Å². The molecule has 2 saturated carbocycles. The van der Waals surface area contributed by atoms with Crippen LogP contribution in [0.25, 0.3) is 17.1 Å². The minimum absolute atomic E-state index is 0.0716. The fourth-order valence-electron chi connectivity index (χ4n) is 9.24. The largest absolute Gasteiger partial charge is 0.510 e. The van der Waals surface area contributed by atoms with Crippen molar-refractivity contribution in [1.82, 2.24) is 9.80 Å². The number of rotatable bonds is 5. The van der Waals surface area contributed by atoms with Gasteiger partial charge in [-0.2, -0.15) is 0 Å². The SMILES string of the molecule is CN(C)[C@@H]1C(O)=C(C(N)=O)C(=O)C2C(=O)C3=C(O)c4c(O)ccc(-c5occc5CN5CCC6CCCCC6C5)c4CC3CC21. The Morgan fingerprint density at radius 1 is 1.04 bits per heavy atom. The summed E-state index contributed by atoms with van der Waals surface area (Å²) in [5, 5.41) is 33.6. The minimum Gasteiger partial charge on any atom is -0.510 e. The standard InChI is InChI=1S/C35H41N3O7/c1-37(2)29-23-14-20-13-22-21(34-19(10-12-45-34)16-38-11-9-17-5-3-4-6-18(17)15-38)7-8-24(39)26(22)30(40)25(20)31(41)27(23)32(42)28(33(29)43)35(36)44/h7-8,10,12,17-18,20,23,27,29,39-40,43H,3-6,9,11,13-16H2,1-2H3,(H2,36,44)/t17?,18?,20?,23?,27?,29-/m0/s1. The van der Waals surface area contributed by atoms with E-state index in [1.54, 1.807) is 31.3 Å². The number of fused-ring (bicyclic) bond motifs is 4. The number of aliphatic hydroxyl groups excluding tert-OH is 2. The number of likely N-dealkylation sites (tertiary alicyclic amines) is 1. The van der Waals surface area contributed by atoms with E-state index >= 15 is 0 Å². The van der Waals surface area contributed by atoms with Gasteiger partial charge in [-0.05, 0) is 93.8 Å². The minimum atomic E-state index is -1.28. The van der Waals surface area contributed by atoms with Crippen molar-refractivity contribution >= 4 is 23.2 Å². The molecule has 5 N–H and O–H groups in total. The molecule has 3 fully saturated rings. The molecule has 1 aromatic heterocycles. The maximum absolute atomic E-state index is 14.0. The van der Waals surface area contributed by atoms with Gasteiger partial charge in [0.15, 0.2) is 11.6 Å². The van der Waals surface area contributed by atoms with Crippen LogP contribution in [0.15, 0.2) is 45.8 Å². The van der Waals surface area contributed by atoms with Crippen LogP contribution in [0, 0.1) is 29.6 Å². The highest BCUT2D eigenvalue weighted by molar-refractivity contribution is 6.28. The number of aliphatic hydroxyl groups is 2. The number of carbonyl (C=O) groups is 3. The number of benzene rings is 1. The molecule has 2 aromatic rings. The number of likely N-dealkylation sites (N-methyl/N-ethyl adjacent to an activating group) is 1. The molecule has 10 heteroatoms. The summed E-state index contributed by atoms with van der Waals surface area (Å²) in [6.45, 7) is 2.86. The number of hydrogen-bond donors (Lipinski definition) is 4. The lowest BCUT2D eigenvalue weighted by Gasteiger charge is -2.46. The molecule has 5 unspecified atom stereocenters. The third kappa shape index (κ3) is 4.72. The lowest BCUT2D eigenvalue weighted by molar-refractivity contribution is -0.136. The smallest absolute Gasteiger partial charge is 0.255 e. The van der Waals surface area contributed by atoms with E-state index in [1.807, 2.05) is 6.07 Å². The molecule has 10 nitrogen and oxygen atoms in total. The lowest BCUT2D eigenvalue weighted by Crippen LogP contribution is -2.55. The Hall–Kier alpha value is -3.89. The van der Waals surface area contributed by atoms with Crippen molar-refractivity contribution in [3.63, 3.8) is 0 Å². The van der Waals surface area contributed by atoms with Gasteiger partial charge in [-0.1, -0.05) is 19.3 Å². The molecule has 5 aliphatic rings. The molecule has 7 rings (SSSR count). The van der Waals surface area contributed by atoms with Crippen molar-refractivity contribution in [1.29, 1.82) is 0 Å². The highest BCUT2D eigenvalue weighted by Gasteiger charge is 2.56. The summed E-state index contributed by atoms with van der Waals surface area (Å²) in [5.41, 5.74) is 7.59. The monoisotopic (exact) mass is 615 g/mol. The molecule has 2 heterocycles. The van der Waals surface area contributed by atoms with Crippen LogP contribution in [-0.4, -0.2) is 75.8 Å². The van der Waals surface area contributed by atoms with Gasteiger partial charge in [-0.15, -0.1) is 0 Å². The zero-order valence-corrected chi connectivity index (χ0v) is 25.8. The number of piperidine rings is 1. The number of carbonyl (C=O) groups excluding carboxylic acids is 3. The van der Waals surface area contributed by atoms with Gasteiger partial charge >= 0.3 is 0 Å². The molecular formula is C35H41N3O7. The van der Waals surface area contributed by atoms with E-state index in [0.717, 1.165) is 42.6 Å². The van der Waals surface area contributed by atoms with Crippen LogP contribution in [-0.2, 0) is 27.3 Å². The molecule has 1 aromatic carbocycles. The van der Waals surface area contributed by atoms with Gasteiger partial charge in [0.1, 0.15) is 28.6 Å². The summed E-state index contributed by atoms with van der Waals surface area (Å²) in [5.74, 6) is -3.60. The quantitative estimate of drug-likeness (QED) is 0.287. The average Bonchev–Trinajstić information content (AvgIpc) is 3.44. The lowest BCUT2D eigenvalue weighted by atomic mass is 9.59. The zero-order chi connectivity index (χ0) is 31.7. The van der Waals surface area contributed by atoms with Crippen molar-refractivity contribution in [2.24, 2.45) is 35.3 Å². The predicted molar refractivity (Wildman–Crippen MR) is 166 cm³/mol. The molecule has 1 amide bonds. The van der Waals surface area contributed by atoms with Crippen LogP contribution in [0.1, 0.15) is 55.2 Å². The van der Waals surface area contributed by atoms with E-state index in [2.05, 4.69) is 4.90 Å². The van der Waals surface area contributed by atoms with Crippen LogP contribution in [0.2, 0.25) is 0 Å². The van der Waals surface area contributed by atoms with Gasteiger partial charge in [0, 0.05) is 29.8 Å². The van der Waals surface area contributed by atoms with Gasteiger partial charge in [0.25, 0.3) is 5.91 Å². The second-order valence-electron chi connectivity index (χ2n) is 13.9. The molecule has 1 aliphatic heterocycles.